The lowest BCUT2D eigenvalue weighted by Crippen LogP contribution is -2.20. The summed E-state index contributed by atoms with van der Waals surface area (Å²) in [6, 6.07) is 2.94. The minimum absolute atomic E-state index is 0.136. The number of nitrogens with one attached hydrogen (secondary N) is 1. The molecule has 1 rings (SSSR count). The molecule has 0 aliphatic carbocycles. The van der Waals surface area contributed by atoms with Crippen molar-refractivity contribution in [2.24, 2.45) is 0 Å². The van der Waals surface area contributed by atoms with Crippen molar-refractivity contribution in [3.05, 3.63) is 34.1 Å². The van der Waals surface area contributed by atoms with Gasteiger partial charge in [0.25, 0.3) is 5.69 Å². The normalized spacial score (nSPS) is 11.9. The van der Waals surface area contributed by atoms with Crippen LogP contribution in [0.2, 0.25) is 0 Å². The van der Waals surface area contributed by atoms with Crippen LogP contribution in [-0.2, 0) is 4.79 Å². The van der Waals surface area contributed by atoms with E-state index in [1.54, 1.807) is 0 Å². The first-order valence-electron chi connectivity index (χ1n) is 4.30. The van der Waals surface area contributed by atoms with Crippen molar-refractivity contribution in [3.8, 4) is 0 Å². The van der Waals surface area contributed by atoms with E-state index < -0.39 is 22.0 Å². The number of hydrogen-bond donors (Lipinski definition) is 1. The van der Waals surface area contributed by atoms with Crippen LogP contribution in [0.5, 0.6) is 0 Å². The number of carbonyl (C=O) groups excluding carboxylic acids is 1. The van der Waals surface area contributed by atoms with E-state index in [9.17, 15) is 19.3 Å². The molecule has 0 radical (unpaired) electrons. The molecule has 0 aromatic heterocycles. The Kier molecular flexibility index (Phi) is 3.78. The van der Waals surface area contributed by atoms with E-state index in [-0.39, 0.29) is 11.4 Å². The molecule has 0 aliphatic rings. The van der Waals surface area contributed by atoms with Crippen LogP contribution in [0.15, 0.2) is 18.2 Å². The molecule has 0 saturated heterocycles. The van der Waals surface area contributed by atoms with Crippen LogP contribution in [0.3, 0.4) is 0 Å². The van der Waals surface area contributed by atoms with Crippen LogP contribution in [0, 0.1) is 15.9 Å². The van der Waals surface area contributed by atoms with Crippen LogP contribution < -0.4 is 5.32 Å². The highest BCUT2D eigenvalue weighted by atomic mass is 35.5. The van der Waals surface area contributed by atoms with E-state index in [1.807, 2.05) is 0 Å². The first-order chi connectivity index (χ1) is 7.41. The fourth-order valence-electron chi connectivity index (χ4n) is 0.951. The fraction of sp³-hybridized carbons (Fsp3) is 0.222. The number of hydrogen-bond acceptors (Lipinski definition) is 3. The molecule has 0 aliphatic heterocycles. The zero-order valence-electron chi connectivity index (χ0n) is 8.24. The van der Waals surface area contributed by atoms with E-state index in [4.69, 9.17) is 11.6 Å². The second kappa shape index (κ2) is 4.89. The summed E-state index contributed by atoms with van der Waals surface area (Å²) in [6.07, 6.45) is 0. The average Bonchev–Trinajstić information content (AvgIpc) is 2.20. The molecule has 1 unspecified atom stereocenters. The van der Waals surface area contributed by atoms with Gasteiger partial charge in [0.2, 0.25) is 5.91 Å². The Morgan fingerprint density at radius 1 is 1.62 bits per heavy atom. The number of anilines is 1. The van der Waals surface area contributed by atoms with Gasteiger partial charge in [0.1, 0.15) is 5.38 Å². The van der Waals surface area contributed by atoms with Gasteiger partial charge in [-0.3, -0.25) is 14.9 Å². The molecule has 0 saturated carbocycles. The number of nitro groups is 1. The maximum absolute atomic E-state index is 13.3. The van der Waals surface area contributed by atoms with Crippen LogP contribution in [-0.4, -0.2) is 16.2 Å². The molecule has 5 nitrogen and oxygen atoms in total. The largest absolute Gasteiger partial charge is 0.322 e. The molecular formula is C9H8ClFN2O3. The van der Waals surface area contributed by atoms with Crippen molar-refractivity contribution in [1.82, 2.24) is 0 Å². The zero-order chi connectivity index (χ0) is 12.3. The smallest absolute Gasteiger partial charge is 0.272 e. The second-order valence-electron chi connectivity index (χ2n) is 3.03. The van der Waals surface area contributed by atoms with Gasteiger partial charge < -0.3 is 5.32 Å². The lowest BCUT2D eigenvalue weighted by atomic mass is 10.2. The Bertz CT molecular complexity index is 437. The Labute approximate surface area is 95.4 Å². The summed E-state index contributed by atoms with van der Waals surface area (Å²) in [4.78, 5) is 20.7. The highest BCUT2D eigenvalue weighted by Gasteiger charge is 2.14. The number of nitro benzene ring substituents is 1. The Morgan fingerprint density at radius 3 is 2.69 bits per heavy atom. The predicted octanol–water partition coefficient (Wildman–Crippen LogP) is 2.30. The Morgan fingerprint density at radius 2 is 2.25 bits per heavy atom. The topological polar surface area (TPSA) is 72.2 Å². The van der Waals surface area contributed by atoms with Crippen LogP contribution >= 0.6 is 11.6 Å². The van der Waals surface area contributed by atoms with Gasteiger partial charge >= 0.3 is 0 Å². The maximum Gasteiger partial charge on any atom is 0.272 e. The maximum atomic E-state index is 13.3. The highest BCUT2D eigenvalue weighted by Crippen LogP contribution is 2.20. The van der Waals surface area contributed by atoms with Crippen LogP contribution in [0.25, 0.3) is 0 Å². The van der Waals surface area contributed by atoms with E-state index in [2.05, 4.69) is 5.32 Å². The van der Waals surface area contributed by atoms with Gasteiger partial charge in [-0.25, -0.2) is 4.39 Å². The lowest BCUT2D eigenvalue weighted by molar-refractivity contribution is -0.385. The van der Waals surface area contributed by atoms with Crippen LogP contribution in [0.4, 0.5) is 15.8 Å². The lowest BCUT2D eigenvalue weighted by Gasteiger charge is -2.06. The summed E-state index contributed by atoms with van der Waals surface area (Å²) in [7, 11) is 0. The number of rotatable bonds is 3. The average molecular weight is 247 g/mol. The molecule has 1 aromatic carbocycles. The molecule has 1 N–H and O–H groups in total. The van der Waals surface area contributed by atoms with Gasteiger partial charge in [0.15, 0.2) is 5.82 Å². The molecule has 0 bridgehead atoms. The number of benzene rings is 1. The summed E-state index contributed by atoms with van der Waals surface area (Å²) in [5.41, 5.74) is -0.516. The van der Waals surface area contributed by atoms with Gasteiger partial charge in [0.05, 0.1) is 16.7 Å². The van der Waals surface area contributed by atoms with Crippen molar-refractivity contribution in [1.29, 1.82) is 0 Å². The quantitative estimate of drug-likeness (QED) is 0.505. The van der Waals surface area contributed by atoms with Crippen molar-refractivity contribution in [3.63, 3.8) is 0 Å². The van der Waals surface area contributed by atoms with Gasteiger partial charge in [-0.15, -0.1) is 11.6 Å². The summed E-state index contributed by atoms with van der Waals surface area (Å²) >= 11 is 5.47. The number of halogens is 2. The van der Waals surface area contributed by atoms with Gasteiger partial charge in [-0.2, -0.15) is 0 Å². The van der Waals surface area contributed by atoms with E-state index in [0.717, 1.165) is 18.2 Å². The number of nitrogens with zero attached hydrogens (tertiary/aromatic N) is 1. The third-order valence-electron chi connectivity index (χ3n) is 1.78. The Balaban J connectivity index is 2.91. The third kappa shape index (κ3) is 2.90. The molecule has 1 aromatic rings. The van der Waals surface area contributed by atoms with Crippen LogP contribution in [0.1, 0.15) is 6.92 Å². The van der Waals surface area contributed by atoms with Crippen molar-refractivity contribution < 1.29 is 14.1 Å². The standard InChI is InChI=1S/C9H8ClFN2O3/c1-5(10)9(14)12-8-3-2-6(13(15)16)4-7(8)11/h2-5H,1H3,(H,12,14). The monoisotopic (exact) mass is 246 g/mol. The molecule has 86 valence electrons. The first-order valence-corrected chi connectivity index (χ1v) is 4.74. The van der Waals surface area contributed by atoms with E-state index in [0.29, 0.717) is 0 Å². The molecule has 1 amide bonds. The molecule has 0 heterocycles. The van der Waals surface area contributed by atoms with E-state index >= 15 is 0 Å². The molecule has 0 spiro atoms. The summed E-state index contributed by atoms with van der Waals surface area (Å²) in [6.45, 7) is 1.43. The van der Waals surface area contributed by atoms with Crippen molar-refractivity contribution in [2.45, 2.75) is 12.3 Å². The highest BCUT2D eigenvalue weighted by molar-refractivity contribution is 6.32. The SMILES string of the molecule is CC(Cl)C(=O)Nc1ccc([N+](=O)[O-])cc1F. The Hall–Kier alpha value is -1.69. The zero-order valence-corrected chi connectivity index (χ0v) is 8.99. The summed E-state index contributed by atoms with van der Waals surface area (Å²) in [5, 5.41) is 11.7. The third-order valence-corrected chi connectivity index (χ3v) is 1.98. The number of alkyl halides is 1. The molecule has 16 heavy (non-hydrogen) atoms. The molecule has 0 fully saturated rings. The predicted molar refractivity (Wildman–Crippen MR) is 57.0 cm³/mol. The van der Waals surface area contributed by atoms with E-state index in [1.165, 1.54) is 6.92 Å². The van der Waals surface area contributed by atoms with Crippen molar-refractivity contribution >= 4 is 28.9 Å². The molecular weight excluding hydrogens is 239 g/mol. The fourth-order valence-corrected chi connectivity index (χ4v) is 1.01. The number of non-ortho nitro benzene ring substituents is 1. The first kappa shape index (κ1) is 12.4. The molecule has 7 heteroatoms. The molecule has 1 atom stereocenters. The number of amides is 1. The van der Waals surface area contributed by atoms with Gasteiger partial charge in [0, 0.05) is 6.07 Å². The summed E-state index contributed by atoms with van der Waals surface area (Å²) < 4.78 is 13.3. The summed E-state index contributed by atoms with van der Waals surface area (Å²) in [5.74, 6) is -1.45. The number of carbonyl (C=O) groups is 1. The van der Waals surface area contributed by atoms with Gasteiger partial charge in [-0.1, -0.05) is 0 Å². The van der Waals surface area contributed by atoms with Gasteiger partial charge in [-0.05, 0) is 13.0 Å². The minimum atomic E-state index is -0.875. The van der Waals surface area contributed by atoms with Crippen molar-refractivity contribution in [2.75, 3.05) is 5.32 Å². The minimum Gasteiger partial charge on any atom is -0.322 e. The second-order valence-corrected chi connectivity index (χ2v) is 3.68.